The van der Waals surface area contributed by atoms with Gasteiger partial charge in [-0.25, -0.2) is 4.79 Å². The minimum absolute atomic E-state index is 0.157. The van der Waals surface area contributed by atoms with Crippen molar-refractivity contribution in [3.8, 4) is 5.75 Å². The quantitative estimate of drug-likeness (QED) is 0.847. The molecule has 2 N–H and O–H groups in total. The van der Waals surface area contributed by atoms with Crippen molar-refractivity contribution in [1.29, 1.82) is 0 Å². The SMILES string of the molecule is CCOc1ccc(NC(=O)NC2CCN(Cc3ccccc3)C2)cc1. The fraction of sp³-hybridized carbons (Fsp3) is 0.350. The lowest BCUT2D eigenvalue weighted by molar-refractivity contribution is 0.247. The second-order valence-electron chi connectivity index (χ2n) is 6.26. The van der Waals surface area contributed by atoms with E-state index in [9.17, 15) is 4.79 Å². The van der Waals surface area contributed by atoms with Crippen molar-refractivity contribution in [2.75, 3.05) is 25.0 Å². The van der Waals surface area contributed by atoms with Crippen LogP contribution < -0.4 is 15.4 Å². The third-order valence-electron chi connectivity index (χ3n) is 4.28. The molecule has 1 atom stereocenters. The third kappa shape index (κ3) is 5.22. The molecule has 25 heavy (non-hydrogen) atoms. The molecule has 0 radical (unpaired) electrons. The Bertz CT molecular complexity index is 673. The number of hydrogen-bond donors (Lipinski definition) is 2. The summed E-state index contributed by atoms with van der Waals surface area (Å²) in [6.07, 6.45) is 0.976. The van der Waals surface area contributed by atoms with Crippen LogP contribution in [0, 0.1) is 0 Å². The van der Waals surface area contributed by atoms with Gasteiger partial charge in [-0.1, -0.05) is 30.3 Å². The fourth-order valence-electron chi connectivity index (χ4n) is 3.09. The molecule has 1 saturated heterocycles. The number of anilines is 1. The third-order valence-corrected chi connectivity index (χ3v) is 4.28. The summed E-state index contributed by atoms with van der Waals surface area (Å²) in [6.45, 7) is 5.39. The predicted molar refractivity (Wildman–Crippen MR) is 99.9 cm³/mol. The van der Waals surface area contributed by atoms with E-state index in [1.54, 1.807) is 0 Å². The van der Waals surface area contributed by atoms with E-state index in [0.29, 0.717) is 6.61 Å². The molecule has 2 aromatic carbocycles. The summed E-state index contributed by atoms with van der Waals surface area (Å²) in [5, 5.41) is 5.94. The van der Waals surface area contributed by atoms with E-state index in [0.717, 1.165) is 37.5 Å². The highest BCUT2D eigenvalue weighted by molar-refractivity contribution is 5.89. The number of ether oxygens (including phenoxy) is 1. The number of likely N-dealkylation sites (tertiary alicyclic amines) is 1. The predicted octanol–water partition coefficient (Wildman–Crippen LogP) is 3.48. The molecule has 1 aliphatic rings. The lowest BCUT2D eigenvalue weighted by Crippen LogP contribution is -2.39. The monoisotopic (exact) mass is 339 g/mol. The van der Waals surface area contributed by atoms with E-state index < -0.39 is 0 Å². The van der Waals surface area contributed by atoms with Crippen LogP contribution in [0.25, 0.3) is 0 Å². The Morgan fingerprint density at radius 1 is 1.16 bits per heavy atom. The Kier molecular flexibility index (Phi) is 5.90. The van der Waals surface area contributed by atoms with E-state index >= 15 is 0 Å². The number of rotatable bonds is 6. The minimum atomic E-state index is -0.157. The van der Waals surface area contributed by atoms with Gasteiger partial charge in [-0.05, 0) is 43.2 Å². The highest BCUT2D eigenvalue weighted by atomic mass is 16.5. The molecule has 0 aliphatic carbocycles. The summed E-state index contributed by atoms with van der Waals surface area (Å²) < 4.78 is 5.40. The summed E-state index contributed by atoms with van der Waals surface area (Å²) in [5.74, 6) is 0.806. The van der Waals surface area contributed by atoms with Crippen LogP contribution in [-0.2, 0) is 6.54 Å². The zero-order chi connectivity index (χ0) is 17.5. The van der Waals surface area contributed by atoms with Crippen molar-refractivity contribution < 1.29 is 9.53 Å². The number of carbonyl (C=O) groups excluding carboxylic acids is 1. The molecule has 1 fully saturated rings. The summed E-state index contributed by atoms with van der Waals surface area (Å²) in [5.41, 5.74) is 2.07. The fourth-order valence-corrected chi connectivity index (χ4v) is 3.09. The molecule has 0 spiro atoms. The minimum Gasteiger partial charge on any atom is -0.494 e. The van der Waals surface area contributed by atoms with Gasteiger partial charge in [0, 0.05) is 31.4 Å². The molecule has 5 nitrogen and oxygen atoms in total. The standard InChI is InChI=1S/C20H25N3O2/c1-2-25-19-10-8-17(9-11-19)21-20(24)22-18-12-13-23(15-18)14-16-6-4-3-5-7-16/h3-11,18H,2,12-15H2,1H3,(H2,21,22,24). The zero-order valence-corrected chi connectivity index (χ0v) is 14.6. The first-order valence-corrected chi connectivity index (χ1v) is 8.79. The lowest BCUT2D eigenvalue weighted by atomic mass is 10.2. The van der Waals surface area contributed by atoms with E-state index in [1.165, 1.54) is 5.56 Å². The number of benzene rings is 2. The highest BCUT2D eigenvalue weighted by Gasteiger charge is 2.23. The van der Waals surface area contributed by atoms with Gasteiger partial charge in [-0.2, -0.15) is 0 Å². The molecule has 132 valence electrons. The number of carbonyl (C=O) groups is 1. The van der Waals surface area contributed by atoms with E-state index in [1.807, 2.05) is 37.3 Å². The van der Waals surface area contributed by atoms with Crippen molar-refractivity contribution in [3.63, 3.8) is 0 Å². The number of nitrogens with zero attached hydrogens (tertiary/aromatic N) is 1. The smallest absolute Gasteiger partial charge is 0.319 e. The molecule has 1 unspecified atom stereocenters. The van der Waals surface area contributed by atoms with Crippen molar-refractivity contribution in [1.82, 2.24) is 10.2 Å². The second-order valence-corrected chi connectivity index (χ2v) is 6.26. The van der Waals surface area contributed by atoms with Gasteiger partial charge < -0.3 is 15.4 Å². The Balaban J connectivity index is 1.44. The molecule has 2 aromatic rings. The van der Waals surface area contributed by atoms with Crippen LogP contribution in [0.1, 0.15) is 18.9 Å². The van der Waals surface area contributed by atoms with Gasteiger partial charge in [0.05, 0.1) is 6.61 Å². The Hall–Kier alpha value is -2.53. The normalized spacial score (nSPS) is 17.2. The van der Waals surface area contributed by atoms with Crippen LogP contribution >= 0.6 is 0 Å². The van der Waals surface area contributed by atoms with Crippen molar-refractivity contribution in [2.24, 2.45) is 0 Å². The topological polar surface area (TPSA) is 53.6 Å². The highest BCUT2D eigenvalue weighted by Crippen LogP contribution is 2.16. The summed E-state index contributed by atoms with van der Waals surface area (Å²) in [6, 6.07) is 17.9. The first kappa shape index (κ1) is 17.3. The first-order valence-electron chi connectivity index (χ1n) is 8.79. The van der Waals surface area contributed by atoms with Crippen LogP contribution in [0.15, 0.2) is 54.6 Å². The molecule has 1 heterocycles. The maximum atomic E-state index is 12.2. The molecular formula is C20H25N3O2. The average molecular weight is 339 g/mol. The molecule has 1 aliphatic heterocycles. The van der Waals surface area contributed by atoms with E-state index in [-0.39, 0.29) is 12.1 Å². The molecular weight excluding hydrogens is 314 g/mol. The van der Waals surface area contributed by atoms with Crippen LogP contribution in [0.2, 0.25) is 0 Å². The van der Waals surface area contributed by atoms with Crippen molar-refractivity contribution in [2.45, 2.75) is 25.9 Å². The Morgan fingerprint density at radius 3 is 2.64 bits per heavy atom. The van der Waals surface area contributed by atoms with Gasteiger partial charge in [-0.15, -0.1) is 0 Å². The molecule has 0 bridgehead atoms. The summed E-state index contributed by atoms with van der Waals surface area (Å²) in [4.78, 5) is 14.5. The number of amides is 2. The van der Waals surface area contributed by atoms with Gasteiger partial charge in [-0.3, -0.25) is 4.90 Å². The molecule has 5 heteroatoms. The van der Waals surface area contributed by atoms with Crippen molar-refractivity contribution in [3.05, 3.63) is 60.2 Å². The first-order chi connectivity index (χ1) is 12.2. The van der Waals surface area contributed by atoms with Gasteiger partial charge >= 0.3 is 6.03 Å². The van der Waals surface area contributed by atoms with Crippen LogP contribution in [0.3, 0.4) is 0 Å². The van der Waals surface area contributed by atoms with Gasteiger partial charge in [0.2, 0.25) is 0 Å². The van der Waals surface area contributed by atoms with E-state index in [2.05, 4.69) is 39.8 Å². The van der Waals surface area contributed by atoms with Crippen LogP contribution in [-0.4, -0.2) is 36.7 Å². The number of hydrogen-bond acceptors (Lipinski definition) is 3. The Labute approximate surface area is 149 Å². The zero-order valence-electron chi connectivity index (χ0n) is 14.6. The molecule has 2 amide bonds. The Morgan fingerprint density at radius 2 is 1.92 bits per heavy atom. The number of nitrogens with one attached hydrogen (secondary N) is 2. The molecule has 3 rings (SSSR count). The van der Waals surface area contributed by atoms with Gasteiger partial charge in [0.1, 0.15) is 5.75 Å². The van der Waals surface area contributed by atoms with Gasteiger partial charge in [0.25, 0.3) is 0 Å². The average Bonchev–Trinajstić information content (AvgIpc) is 3.04. The maximum Gasteiger partial charge on any atom is 0.319 e. The maximum absolute atomic E-state index is 12.2. The van der Waals surface area contributed by atoms with Crippen LogP contribution in [0.4, 0.5) is 10.5 Å². The van der Waals surface area contributed by atoms with Crippen molar-refractivity contribution >= 4 is 11.7 Å². The summed E-state index contributed by atoms with van der Waals surface area (Å²) >= 11 is 0. The summed E-state index contributed by atoms with van der Waals surface area (Å²) in [7, 11) is 0. The van der Waals surface area contributed by atoms with E-state index in [4.69, 9.17) is 4.74 Å². The molecule has 0 saturated carbocycles. The second kappa shape index (κ2) is 8.53. The molecule has 0 aromatic heterocycles. The van der Waals surface area contributed by atoms with Gasteiger partial charge in [0.15, 0.2) is 0 Å². The number of urea groups is 1. The lowest BCUT2D eigenvalue weighted by Gasteiger charge is -2.17. The van der Waals surface area contributed by atoms with Crippen LogP contribution in [0.5, 0.6) is 5.75 Å². The largest absolute Gasteiger partial charge is 0.494 e.